The van der Waals surface area contributed by atoms with Crippen LogP contribution in [0.5, 0.6) is 0 Å². The largest absolute Gasteiger partial charge is 0.309 e. The zero-order chi connectivity index (χ0) is 15.5. The van der Waals surface area contributed by atoms with E-state index >= 15 is 0 Å². The van der Waals surface area contributed by atoms with E-state index in [1.54, 1.807) is 0 Å². The molecule has 2 N–H and O–H groups in total. The first-order valence-corrected chi connectivity index (χ1v) is 3.15. The van der Waals surface area contributed by atoms with E-state index in [1.165, 1.54) is 6.92 Å². The van der Waals surface area contributed by atoms with E-state index in [1.807, 2.05) is 0 Å². The lowest BCUT2D eigenvalue weighted by molar-refractivity contribution is 0.250. The molecule has 2 heteroatoms. The van der Waals surface area contributed by atoms with Gasteiger partial charge in [-0.05, 0) is 27.6 Å². The van der Waals surface area contributed by atoms with Gasteiger partial charge in [-0.15, -0.1) is 0 Å². The summed E-state index contributed by atoms with van der Waals surface area (Å²) in [6.07, 6.45) is 0. The smallest absolute Gasteiger partial charge is 0.0478 e. The van der Waals surface area contributed by atoms with E-state index in [9.17, 15) is 0 Å². The summed E-state index contributed by atoms with van der Waals surface area (Å²) in [7, 11) is 0. The molecule has 0 aliphatic carbocycles. The van der Waals surface area contributed by atoms with Gasteiger partial charge in [0.1, 0.15) is 0 Å². The first-order valence-electron chi connectivity index (χ1n) is 7.65. The first kappa shape index (κ1) is 2.20. The van der Waals surface area contributed by atoms with Crippen molar-refractivity contribution in [2.75, 3.05) is 0 Å². The van der Waals surface area contributed by atoms with Crippen molar-refractivity contribution in [3.05, 3.63) is 0 Å². The second-order valence-corrected chi connectivity index (χ2v) is 2.40. The van der Waals surface area contributed by atoms with Crippen molar-refractivity contribution in [3.63, 3.8) is 0 Å². The molecule has 0 amide bonds. The number of piperazine rings is 1. The molecule has 1 aliphatic heterocycles. The van der Waals surface area contributed by atoms with Gasteiger partial charge in [0.15, 0.2) is 0 Å². The van der Waals surface area contributed by atoms with Gasteiger partial charge < -0.3 is 10.6 Å². The van der Waals surface area contributed by atoms with E-state index in [0.29, 0.717) is 0 Å². The Morgan fingerprint density at radius 2 is 1.80 bits per heavy atom. The molecule has 1 rings (SSSR count). The third kappa shape index (κ3) is 1.50. The van der Waals surface area contributed by atoms with Crippen molar-refractivity contribution in [2.45, 2.75) is 51.6 Å². The van der Waals surface area contributed by atoms with E-state index < -0.39 is 37.8 Å². The van der Waals surface area contributed by atoms with Crippen LogP contribution in [0.15, 0.2) is 0 Å². The molecular weight excluding hydrogens is 124 g/mol. The quantitative estimate of drug-likeness (QED) is 0.533. The van der Waals surface area contributed by atoms with Gasteiger partial charge in [0.05, 0.1) is 0 Å². The Labute approximate surface area is 76.0 Å². The van der Waals surface area contributed by atoms with Crippen LogP contribution in [0.2, 0.25) is 0 Å². The fourth-order valence-electron chi connectivity index (χ4n) is 0.770. The van der Waals surface area contributed by atoms with Crippen LogP contribution in [-0.2, 0) is 0 Å². The van der Waals surface area contributed by atoms with Gasteiger partial charge in [-0.2, -0.15) is 0 Å². The van der Waals surface area contributed by atoms with Crippen molar-refractivity contribution in [3.8, 4) is 0 Å². The molecule has 4 atom stereocenters. The molecular formula is C8H18N2. The van der Waals surface area contributed by atoms with Crippen molar-refractivity contribution in [2.24, 2.45) is 0 Å². The van der Waals surface area contributed by atoms with Crippen LogP contribution < -0.4 is 10.6 Å². The highest BCUT2D eigenvalue weighted by Crippen LogP contribution is 2.05. The SMILES string of the molecule is [2H]C([2H])([2H])C1([2H])NC([2H])(C)C([2H])(C([2H])([2H])[2H])NC1C. The average molecular weight is 151 g/mol. The highest BCUT2D eigenvalue weighted by atomic mass is 15.1. The maximum Gasteiger partial charge on any atom is 0.0478 e. The third-order valence-electron chi connectivity index (χ3n) is 1.49. The average Bonchev–Trinajstić information content (AvgIpc) is 2.10. The monoisotopic (exact) mass is 151 g/mol. The molecule has 1 fully saturated rings. The summed E-state index contributed by atoms with van der Waals surface area (Å²) in [5.74, 6) is 0. The Hall–Kier alpha value is -0.0800. The minimum atomic E-state index is -2.85. The Kier molecular flexibility index (Phi) is 0.637. The predicted octanol–water partition coefficient (Wildman–Crippen LogP) is 0.733. The predicted molar refractivity (Wildman–Crippen MR) is 44.1 cm³/mol. The lowest BCUT2D eigenvalue weighted by Gasteiger charge is -2.38. The van der Waals surface area contributed by atoms with Crippen molar-refractivity contribution < 1.29 is 12.3 Å². The molecule has 1 aliphatic rings. The Morgan fingerprint density at radius 3 is 2.40 bits per heavy atom. The Balaban J connectivity index is 3.28. The van der Waals surface area contributed by atoms with E-state index in [2.05, 4.69) is 10.6 Å². The first-order chi connectivity index (χ1) is 8.08. The molecule has 10 heavy (non-hydrogen) atoms. The standard InChI is InChI=1S/C8H18N2/c1-5-6(2)10-8(4)7(3)9-5/h5-10H,1-4H3/i1D3,4D3,5D,6D,8D. The summed E-state index contributed by atoms with van der Waals surface area (Å²) >= 11 is 0. The van der Waals surface area contributed by atoms with Gasteiger partial charge in [0.25, 0.3) is 0 Å². The highest BCUT2D eigenvalue weighted by molar-refractivity contribution is 4.89. The summed E-state index contributed by atoms with van der Waals surface area (Å²) in [5, 5.41) is 4.54. The molecule has 0 spiro atoms. The zero-order valence-electron chi connectivity index (χ0n) is 15.1. The van der Waals surface area contributed by atoms with Crippen LogP contribution in [0.25, 0.3) is 0 Å². The van der Waals surface area contributed by atoms with Crippen LogP contribution >= 0.6 is 0 Å². The molecule has 0 aromatic carbocycles. The molecule has 4 unspecified atom stereocenters. The summed E-state index contributed by atoms with van der Waals surface area (Å²) in [6, 6.07) is -7.95. The minimum absolute atomic E-state index is 1.08. The molecule has 0 radical (unpaired) electrons. The van der Waals surface area contributed by atoms with Crippen molar-refractivity contribution in [1.82, 2.24) is 10.6 Å². The van der Waals surface area contributed by atoms with Gasteiger partial charge in [-0.1, -0.05) is 0 Å². The molecule has 0 aromatic heterocycles. The normalized spacial score (nSPS) is 87.0. The molecule has 0 saturated carbocycles. The molecule has 1 saturated heterocycles. The van der Waals surface area contributed by atoms with Gasteiger partial charge >= 0.3 is 0 Å². The lowest BCUT2D eigenvalue weighted by atomic mass is 10.0. The number of hydrogen-bond donors (Lipinski definition) is 2. The van der Waals surface area contributed by atoms with E-state index in [4.69, 9.17) is 12.3 Å². The fraction of sp³-hybridized carbons (Fsp3) is 1.00. The maximum absolute atomic E-state index is 8.00. The van der Waals surface area contributed by atoms with Gasteiger partial charge in [-0.25, -0.2) is 0 Å². The second-order valence-electron chi connectivity index (χ2n) is 2.40. The van der Waals surface area contributed by atoms with E-state index in [0.717, 1.165) is 6.92 Å². The van der Waals surface area contributed by atoms with Crippen molar-refractivity contribution >= 4 is 0 Å². The Morgan fingerprint density at radius 1 is 1.10 bits per heavy atom. The number of nitrogens with one attached hydrogen (secondary N) is 2. The highest BCUT2D eigenvalue weighted by Gasteiger charge is 2.25. The number of hydrogen-bond acceptors (Lipinski definition) is 2. The van der Waals surface area contributed by atoms with Crippen LogP contribution in [-0.4, -0.2) is 24.1 Å². The van der Waals surface area contributed by atoms with Gasteiger partial charge in [0, 0.05) is 36.4 Å². The van der Waals surface area contributed by atoms with Gasteiger partial charge in [0.2, 0.25) is 0 Å². The topological polar surface area (TPSA) is 24.1 Å². The summed E-state index contributed by atoms with van der Waals surface area (Å²) in [6.45, 7) is -3.21. The molecule has 0 aromatic rings. The minimum Gasteiger partial charge on any atom is -0.309 e. The molecule has 1 heterocycles. The Bertz CT molecular complexity index is 362. The molecule has 60 valence electrons. The van der Waals surface area contributed by atoms with Crippen molar-refractivity contribution in [1.29, 1.82) is 0 Å². The van der Waals surface area contributed by atoms with Crippen LogP contribution in [0.3, 0.4) is 0 Å². The number of rotatable bonds is 0. The third-order valence-corrected chi connectivity index (χ3v) is 1.49. The van der Waals surface area contributed by atoms with Crippen LogP contribution in [0, 0.1) is 0 Å². The lowest BCUT2D eigenvalue weighted by Crippen LogP contribution is -2.62. The van der Waals surface area contributed by atoms with Gasteiger partial charge in [-0.3, -0.25) is 0 Å². The molecule has 0 bridgehead atoms. The summed E-state index contributed by atoms with van der Waals surface area (Å²) in [4.78, 5) is 0. The second kappa shape index (κ2) is 2.89. The van der Waals surface area contributed by atoms with E-state index in [-0.39, 0.29) is 0 Å². The molecule has 2 nitrogen and oxygen atoms in total. The maximum atomic E-state index is 8.00. The summed E-state index contributed by atoms with van der Waals surface area (Å²) in [5.41, 5.74) is 0. The van der Waals surface area contributed by atoms with Crippen LogP contribution in [0.1, 0.15) is 39.9 Å². The zero-order valence-corrected chi connectivity index (χ0v) is 6.08. The summed E-state index contributed by atoms with van der Waals surface area (Å²) < 4.78 is 68.2. The fourth-order valence-corrected chi connectivity index (χ4v) is 0.770. The van der Waals surface area contributed by atoms with Crippen LogP contribution in [0.4, 0.5) is 0 Å².